The van der Waals surface area contributed by atoms with Crippen molar-refractivity contribution in [2.45, 2.75) is 13.8 Å². The van der Waals surface area contributed by atoms with Crippen LogP contribution in [0.5, 0.6) is 5.75 Å². The van der Waals surface area contributed by atoms with Crippen LogP contribution < -0.4 is 4.74 Å². The molecule has 2 rings (SSSR count). The van der Waals surface area contributed by atoms with Crippen LogP contribution in [0.1, 0.15) is 19.4 Å². The van der Waals surface area contributed by atoms with Crippen LogP contribution in [0.3, 0.4) is 0 Å². The molecule has 104 valence electrons. The summed E-state index contributed by atoms with van der Waals surface area (Å²) < 4.78 is 5.79. The number of fused-ring (bicyclic) bond motifs is 1. The second kappa shape index (κ2) is 6.24. The normalized spacial score (nSPS) is 11.3. The van der Waals surface area contributed by atoms with E-state index in [4.69, 9.17) is 9.84 Å². The molecule has 0 radical (unpaired) electrons. The maximum atomic E-state index is 10.8. The van der Waals surface area contributed by atoms with Crippen LogP contribution >= 0.6 is 0 Å². The molecule has 0 unspecified atom stereocenters. The van der Waals surface area contributed by atoms with E-state index >= 15 is 0 Å². The first-order valence-electron chi connectivity index (χ1n) is 6.63. The number of hydrogen-bond acceptors (Lipinski definition) is 2. The van der Waals surface area contributed by atoms with Crippen LogP contribution in [0.15, 0.2) is 42.5 Å². The highest BCUT2D eigenvalue weighted by atomic mass is 16.5. The number of aliphatic carboxylic acids is 1. The fourth-order valence-corrected chi connectivity index (χ4v) is 1.98. The molecule has 0 aliphatic carbocycles. The molecule has 0 aromatic heterocycles. The summed E-state index contributed by atoms with van der Waals surface area (Å²) in [6, 6.07) is 11.8. The largest absolute Gasteiger partial charge is 0.493 e. The molecule has 0 heterocycles. The lowest BCUT2D eigenvalue weighted by Crippen LogP contribution is -2.05. The minimum Gasteiger partial charge on any atom is -0.493 e. The lowest BCUT2D eigenvalue weighted by Gasteiger charge is -2.13. The highest BCUT2D eigenvalue weighted by Gasteiger charge is 2.07. The molecule has 0 bridgehead atoms. The van der Waals surface area contributed by atoms with E-state index in [0.29, 0.717) is 12.5 Å². The summed E-state index contributed by atoms with van der Waals surface area (Å²) in [5.41, 5.74) is 0.811. The van der Waals surface area contributed by atoms with E-state index in [0.717, 1.165) is 28.2 Å². The highest BCUT2D eigenvalue weighted by Crippen LogP contribution is 2.29. The van der Waals surface area contributed by atoms with Crippen molar-refractivity contribution in [3.05, 3.63) is 48.0 Å². The number of rotatable bonds is 5. The molecule has 3 heteroatoms. The average molecular weight is 270 g/mol. The molecule has 0 saturated carbocycles. The monoisotopic (exact) mass is 270 g/mol. The SMILES string of the molecule is CC(C)COc1ccc2ccccc2c1/C=C/C(=O)O. The van der Waals surface area contributed by atoms with Crippen LogP contribution in [0.25, 0.3) is 16.8 Å². The van der Waals surface area contributed by atoms with Gasteiger partial charge in [-0.25, -0.2) is 4.79 Å². The Labute approximate surface area is 118 Å². The number of carboxylic acid groups (broad SMARTS) is 1. The summed E-state index contributed by atoms with van der Waals surface area (Å²) >= 11 is 0. The third kappa shape index (κ3) is 3.38. The van der Waals surface area contributed by atoms with E-state index in [2.05, 4.69) is 13.8 Å². The molecule has 0 atom stereocenters. The highest BCUT2D eigenvalue weighted by molar-refractivity contribution is 5.96. The second-order valence-electron chi connectivity index (χ2n) is 5.07. The quantitative estimate of drug-likeness (QED) is 0.836. The molecule has 2 aromatic rings. The smallest absolute Gasteiger partial charge is 0.328 e. The third-order valence-electron chi connectivity index (χ3n) is 2.90. The molecule has 0 fully saturated rings. The lowest BCUT2D eigenvalue weighted by atomic mass is 10.0. The van der Waals surface area contributed by atoms with Crippen molar-refractivity contribution < 1.29 is 14.6 Å². The zero-order chi connectivity index (χ0) is 14.5. The van der Waals surface area contributed by atoms with Crippen molar-refractivity contribution in [2.75, 3.05) is 6.61 Å². The van der Waals surface area contributed by atoms with Gasteiger partial charge in [-0.2, -0.15) is 0 Å². The molecular formula is C17H18O3. The number of benzene rings is 2. The van der Waals surface area contributed by atoms with Crippen LogP contribution in [-0.2, 0) is 4.79 Å². The van der Waals surface area contributed by atoms with Crippen molar-refractivity contribution in [3.8, 4) is 5.75 Å². The van der Waals surface area contributed by atoms with Gasteiger partial charge in [-0.3, -0.25) is 0 Å². The molecular weight excluding hydrogens is 252 g/mol. The Kier molecular flexibility index (Phi) is 4.41. The summed E-state index contributed by atoms with van der Waals surface area (Å²) in [7, 11) is 0. The van der Waals surface area contributed by atoms with Crippen LogP contribution in [0.2, 0.25) is 0 Å². The van der Waals surface area contributed by atoms with E-state index in [9.17, 15) is 4.79 Å². The molecule has 1 N–H and O–H groups in total. The Bertz CT molecular complexity index is 642. The van der Waals surface area contributed by atoms with Crippen molar-refractivity contribution in [1.82, 2.24) is 0 Å². The van der Waals surface area contributed by atoms with E-state index in [1.165, 1.54) is 0 Å². The van der Waals surface area contributed by atoms with Crippen molar-refractivity contribution >= 4 is 22.8 Å². The second-order valence-corrected chi connectivity index (χ2v) is 5.07. The van der Waals surface area contributed by atoms with E-state index in [1.807, 2.05) is 36.4 Å². The molecule has 3 nitrogen and oxygen atoms in total. The van der Waals surface area contributed by atoms with Crippen LogP contribution in [0.4, 0.5) is 0 Å². The fourth-order valence-electron chi connectivity index (χ4n) is 1.98. The summed E-state index contributed by atoms with van der Waals surface area (Å²) in [4.78, 5) is 10.8. The molecule has 0 spiro atoms. The van der Waals surface area contributed by atoms with Gasteiger partial charge >= 0.3 is 5.97 Å². The summed E-state index contributed by atoms with van der Waals surface area (Å²) in [5, 5.41) is 10.9. The van der Waals surface area contributed by atoms with Crippen LogP contribution in [-0.4, -0.2) is 17.7 Å². The average Bonchev–Trinajstić information content (AvgIpc) is 2.42. The summed E-state index contributed by atoms with van der Waals surface area (Å²) in [6.45, 7) is 4.76. The number of carboxylic acids is 1. The van der Waals surface area contributed by atoms with Gasteiger partial charge in [0.25, 0.3) is 0 Å². The fraction of sp³-hybridized carbons (Fsp3) is 0.235. The molecule has 0 aliphatic heterocycles. The van der Waals surface area contributed by atoms with Gasteiger partial charge in [-0.05, 0) is 28.8 Å². The third-order valence-corrected chi connectivity index (χ3v) is 2.90. The predicted molar refractivity (Wildman–Crippen MR) is 81.0 cm³/mol. The Hall–Kier alpha value is -2.29. The van der Waals surface area contributed by atoms with Gasteiger partial charge in [0.1, 0.15) is 5.75 Å². The van der Waals surface area contributed by atoms with Gasteiger partial charge in [0.2, 0.25) is 0 Å². The van der Waals surface area contributed by atoms with Crippen molar-refractivity contribution in [1.29, 1.82) is 0 Å². The molecule has 20 heavy (non-hydrogen) atoms. The summed E-state index contributed by atoms with van der Waals surface area (Å²) in [5.74, 6) is 0.167. The Morgan fingerprint density at radius 1 is 1.25 bits per heavy atom. The zero-order valence-corrected chi connectivity index (χ0v) is 11.7. The van der Waals surface area contributed by atoms with Crippen molar-refractivity contribution in [3.63, 3.8) is 0 Å². The van der Waals surface area contributed by atoms with Gasteiger partial charge in [0, 0.05) is 11.6 Å². The first-order valence-corrected chi connectivity index (χ1v) is 6.63. The predicted octanol–water partition coefficient (Wildman–Crippen LogP) is 3.97. The summed E-state index contributed by atoms with van der Waals surface area (Å²) in [6.07, 6.45) is 2.74. The van der Waals surface area contributed by atoms with Gasteiger partial charge in [0.05, 0.1) is 6.61 Å². The minimum absolute atomic E-state index is 0.415. The molecule has 0 aliphatic rings. The van der Waals surface area contributed by atoms with Crippen LogP contribution in [0, 0.1) is 5.92 Å². The first-order chi connectivity index (χ1) is 9.58. The minimum atomic E-state index is -0.965. The number of carbonyl (C=O) groups is 1. The van der Waals surface area contributed by atoms with E-state index < -0.39 is 5.97 Å². The topological polar surface area (TPSA) is 46.5 Å². The number of hydrogen-bond donors (Lipinski definition) is 1. The lowest BCUT2D eigenvalue weighted by molar-refractivity contribution is -0.131. The Balaban J connectivity index is 2.49. The first kappa shape index (κ1) is 14.1. The van der Waals surface area contributed by atoms with E-state index in [-0.39, 0.29) is 0 Å². The zero-order valence-electron chi connectivity index (χ0n) is 11.7. The maximum absolute atomic E-state index is 10.8. The van der Waals surface area contributed by atoms with Gasteiger partial charge in [-0.15, -0.1) is 0 Å². The van der Waals surface area contributed by atoms with Gasteiger partial charge in [0.15, 0.2) is 0 Å². The number of ether oxygens (including phenoxy) is 1. The Morgan fingerprint density at radius 3 is 2.70 bits per heavy atom. The molecule has 0 saturated heterocycles. The molecule has 2 aromatic carbocycles. The Morgan fingerprint density at radius 2 is 2.00 bits per heavy atom. The standard InChI is InChI=1S/C17H18O3/c1-12(2)11-20-16-9-7-13-5-3-4-6-14(13)15(16)8-10-17(18)19/h3-10,12H,11H2,1-2H3,(H,18,19)/b10-8+. The van der Waals surface area contributed by atoms with Crippen molar-refractivity contribution in [2.24, 2.45) is 5.92 Å². The van der Waals surface area contributed by atoms with Gasteiger partial charge in [-0.1, -0.05) is 44.2 Å². The van der Waals surface area contributed by atoms with Gasteiger partial charge < -0.3 is 9.84 Å². The van der Waals surface area contributed by atoms with E-state index in [1.54, 1.807) is 6.08 Å². The maximum Gasteiger partial charge on any atom is 0.328 e. The molecule has 0 amide bonds.